The second kappa shape index (κ2) is 9.93. The van der Waals surface area contributed by atoms with Crippen molar-refractivity contribution in [3.05, 3.63) is 99.5 Å². The van der Waals surface area contributed by atoms with Gasteiger partial charge in [0, 0.05) is 11.9 Å². The van der Waals surface area contributed by atoms with Crippen LogP contribution in [0.1, 0.15) is 16.7 Å². The number of anilines is 1. The lowest BCUT2D eigenvalue weighted by Crippen LogP contribution is -2.20. The van der Waals surface area contributed by atoms with Crippen molar-refractivity contribution in [3.8, 4) is 23.4 Å². The van der Waals surface area contributed by atoms with Crippen LogP contribution in [0, 0.1) is 25.2 Å². The number of benzene rings is 2. The molecular weight excluding hydrogens is 444 g/mol. The van der Waals surface area contributed by atoms with Crippen LogP contribution in [0.5, 0.6) is 17.4 Å². The van der Waals surface area contributed by atoms with Gasteiger partial charge >= 0.3 is 0 Å². The summed E-state index contributed by atoms with van der Waals surface area (Å²) in [6.07, 6.45) is 2.74. The minimum Gasteiger partial charge on any atom is -0.493 e. The molecule has 35 heavy (non-hydrogen) atoms. The fraction of sp³-hybridized carbons (Fsp3) is 0.111. The zero-order valence-electron chi connectivity index (χ0n) is 19.4. The van der Waals surface area contributed by atoms with Crippen LogP contribution in [0.2, 0.25) is 0 Å². The number of ether oxygens (including phenoxy) is 2. The third kappa shape index (κ3) is 4.89. The number of methoxy groups -OCH3 is 1. The van der Waals surface area contributed by atoms with Gasteiger partial charge in [0.05, 0.1) is 7.11 Å². The Kier molecular flexibility index (Phi) is 6.60. The van der Waals surface area contributed by atoms with Gasteiger partial charge in [0.2, 0.25) is 5.88 Å². The number of hydrogen-bond acceptors (Lipinski definition) is 6. The minimum absolute atomic E-state index is 0.0496. The normalized spacial score (nSPS) is 11.1. The van der Waals surface area contributed by atoms with E-state index < -0.39 is 11.5 Å². The largest absolute Gasteiger partial charge is 0.493 e. The molecule has 0 bridgehead atoms. The molecule has 2 aromatic carbocycles. The number of aryl methyl sites for hydroxylation is 2. The monoisotopic (exact) mass is 466 g/mol. The Hall–Kier alpha value is -4.90. The summed E-state index contributed by atoms with van der Waals surface area (Å²) in [5.41, 5.74) is 2.14. The fourth-order valence-corrected chi connectivity index (χ4v) is 3.40. The van der Waals surface area contributed by atoms with Gasteiger partial charge in [-0.25, -0.2) is 0 Å². The molecule has 4 aromatic rings. The van der Waals surface area contributed by atoms with Crippen LogP contribution in [0.4, 0.5) is 5.69 Å². The summed E-state index contributed by atoms with van der Waals surface area (Å²) in [6.45, 7) is 3.89. The molecule has 174 valence electrons. The Morgan fingerprint density at radius 3 is 2.51 bits per heavy atom. The summed E-state index contributed by atoms with van der Waals surface area (Å²) >= 11 is 0. The molecule has 0 aliphatic rings. The fourth-order valence-electron chi connectivity index (χ4n) is 3.40. The van der Waals surface area contributed by atoms with Gasteiger partial charge in [0.25, 0.3) is 11.5 Å². The first-order chi connectivity index (χ1) is 16.9. The van der Waals surface area contributed by atoms with Gasteiger partial charge in [0.1, 0.15) is 22.9 Å². The quantitative estimate of drug-likeness (QED) is 0.327. The number of rotatable bonds is 6. The van der Waals surface area contributed by atoms with Gasteiger partial charge in [-0.2, -0.15) is 10.2 Å². The Morgan fingerprint density at radius 1 is 1.06 bits per heavy atom. The van der Waals surface area contributed by atoms with Crippen molar-refractivity contribution in [2.75, 3.05) is 12.4 Å². The number of nitriles is 1. The third-order valence-electron chi connectivity index (χ3n) is 5.43. The summed E-state index contributed by atoms with van der Waals surface area (Å²) in [5, 5.41) is 12.4. The molecular formula is C27H22N4O4. The van der Waals surface area contributed by atoms with Crippen molar-refractivity contribution in [3.63, 3.8) is 0 Å². The Morgan fingerprint density at radius 2 is 1.80 bits per heavy atom. The molecule has 0 saturated heterocycles. The predicted octanol–water partition coefficient (Wildman–Crippen LogP) is 4.66. The molecule has 2 heterocycles. The van der Waals surface area contributed by atoms with Crippen LogP contribution in [0.3, 0.4) is 0 Å². The molecule has 8 nitrogen and oxygen atoms in total. The molecule has 0 fully saturated rings. The van der Waals surface area contributed by atoms with Crippen molar-refractivity contribution < 1.29 is 14.3 Å². The van der Waals surface area contributed by atoms with E-state index in [1.54, 1.807) is 54.7 Å². The van der Waals surface area contributed by atoms with E-state index in [1.807, 2.05) is 32.0 Å². The van der Waals surface area contributed by atoms with Crippen molar-refractivity contribution >= 4 is 23.3 Å². The molecule has 0 spiro atoms. The molecule has 8 heteroatoms. The second-order valence-corrected chi connectivity index (χ2v) is 7.74. The first kappa shape index (κ1) is 23.3. The smallest absolute Gasteiger partial charge is 0.269 e. The lowest BCUT2D eigenvalue weighted by atomic mass is 10.1. The number of para-hydroxylation sites is 2. The van der Waals surface area contributed by atoms with E-state index in [0.29, 0.717) is 22.8 Å². The van der Waals surface area contributed by atoms with Gasteiger partial charge in [-0.1, -0.05) is 24.3 Å². The van der Waals surface area contributed by atoms with E-state index >= 15 is 0 Å². The molecule has 1 amide bonds. The van der Waals surface area contributed by atoms with E-state index in [9.17, 15) is 14.9 Å². The molecule has 0 aliphatic heterocycles. The highest BCUT2D eigenvalue weighted by atomic mass is 16.5. The number of hydrogen-bond donors (Lipinski definition) is 1. The molecule has 0 unspecified atom stereocenters. The summed E-state index contributed by atoms with van der Waals surface area (Å²) in [4.78, 5) is 30.7. The molecule has 0 radical (unpaired) electrons. The van der Waals surface area contributed by atoms with Crippen molar-refractivity contribution in [1.82, 2.24) is 9.38 Å². The highest BCUT2D eigenvalue weighted by molar-refractivity contribution is 6.09. The topological polar surface area (TPSA) is 106 Å². The maximum atomic E-state index is 13.3. The van der Waals surface area contributed by atoms with Crippen LogP contribution in [-0.4, -0.2) is 22.4 Å². The van der Waals surface area contributed by atoms with Crippen LogP contribution < -0.4 is 20.3 Å². The van der Waals surface area contributed by atoms with Crippen LogP contribution >= 0.6 is 0 Å². The van der Waals surface area contributed by atoms with Crippen molar-refractivity contribution in [2.45, 2.75) is 13.8 Å². The van der Waals surface area contributed by atoms with Gasteiger partial charge in [-0.15, -0.1) is 0 Å². The maximum absolute atomic E-state index is 13.3. The predicted molar refractivity (Wildman–Crippen MR) is 133 cm³/mol. The van der Waals surface area contributed by atoms with Crippen molar-refractivity contribution in [1.29, 1.82) is 5.26 Å². The summed E-state index contributed by atoms with van der Waals surface area (Å²) in [7, 11) is 1.50. The van der Waals surface area contributed by atoms with Crippen LogP contribution in [0.25, 0.3) is 11.7 Å². The second-order valence-electron chi connectivity index (χ2n) is 7.74. The SMILES string of the molecule is COc1ccccc1Oc1nc2ccccn2c(=O)c1/C=C(/C#N)C(=O)Nc1ccc(C)c(C)c1. The van der Waals surface area contributed by atoms with Crippen molar-refractivity contribution in [2.24, 2.45) is 0 Å². The van der Waals surface area contributed by atoms with Gasteiger partial charge in [-0.3, -0.25) is 14.0 Å². The Balaban J connectivity index is 1.81. The lowest BCUT2D eigenvalue weighted by molar-refractivity contribution is -0.112. The average molecular weight is 466 g/mol. The van der Waals surface area contributed by atoms with E-state index in [-0.39, 0.29) is 17.0 Å². The molecule has 0 saturated carbocycles. The van der Waals surface area contributed by atoms with E-state index in [1.165, 1.54) is 17.6 Å². The van der Waals surface area contributed by atoms with Gasteiger partial charge < -0.3 is 14.8 Å². The number of aromatic nitrogens is 2. The van der Waals surface area contributed by atoms with E-state index in [0.717, 1.165) is 11.1 Å². The van der Waals surface area contributed by atoms with Gasteiger partial charge in [0.15, 0.2) is 11.5 Å². The van der Waals surface area contributed by atoms with E-state index in [2.05, 4.69) is 10.3 Å². The number of carbonyl (C=O) groups is 1. The zero-order valence-corrected chi connectivity index (χ0v) is 19.4. The number of pyridine rings is 1. The summed E-state index contributed by atoms with van der Waals surface area (Å²) in [5.74, 6) is 0.0504. The highest BCUT2D eigenvalue weighted by Gasteiger charge is 2.18. The van der Waals surface area contributed by atoms with Crippen LogP contribution in [0.15, 0.2) is 77.2 Å². The van der Waals surface area contributed by atoms with E-state index in [4.69, 9.17) is 9.47 Å². The third-order valence-corrected chi connectivity index (χ3v) is 5.43. The summed E-state index contributed by atoms with van der Waals surface area (Å²) in [6, 6.07) is 19.3. The maximum Gasteiger partial charge on any atom is 0.269 e. The Labute approximate surface area is 201 Å². The number of carbonyl (C=O) groups excluding carboxylic acids is 1. The molecule has 0 atom stereocenters. The van der Waals surface area contributed by atoms with Gasteiger partial charge in [-0.05, 0) is 67.4 Å². The molecule has 0 aliphatic carbocycles. The summed E-state index contributed by atoms with van der Waals surface area (Å²) < 4.78 is 12.6. The standard InChI is InChI=1S/C27H22N4O4/c1-17-11-12-20(14-18(17)2)29-25(32)19(16-28)15-21-26(35-23-9-5-4-8-22(23)34-3)30-24-10-6-7-13-31(24)27(21)33/h4-15H,1-3H3,(H,29,32)/b19-15-. The first-order valence-electron chi connectivity index (χ1n) is 10.7. The molecule has 4 rings (SSSR count). The zero-order chi connectivity index (χ0) is 24.9. The molecule has 1 N–H and O–H groups in total. The number of nitrogens with one attached hydrogen (secondary N) is 1. The lowest BCUT2D eigenvalue weighted by Gasteiger charge is -2.12. The Bertz CT molecular complexity index is 1560. The number of fused-ring (bicyclic) bond motifs is 1. The highest BCUT2D eigenvalue weighted by Crippen LogP contribution is 2.31. The number of amides is 1. The average Bonchev–Trinajstić information content (AvgIpc) is 2.86. The minimum atomic E-state index is -0.656. The first-order valence-corrected chi connectivity index (χ1v) is 10.7. The number of nitrogens with zero attached hydrogens (tertiary/aromatic N) is 3. The molecule has 2 aromatic heterocycles. The van der Waals surface area contributed by atoms with Crippen LogP contribution in [-0.2, 0) is 4.79 Å².